The van der Waals surface area contributed by atoms with Crippen LogP contribution in [0, 0.1) is 5.92 Å². The zero-order chi connectivity index (χ0) is 19.9. The number of amides is 2. The van der Waals surface area contributed by atoms with Crippen molar-refractivity contribution in [1.82, 2.24) is 15.2 Å². The van der Waals surface area contributed by atoms with Gasteiger partial charge in [-0.1, -0.05) is 6.07 Å². The van der Waals surface area contributed by atoms with E-state index in [1.54, 1.807) is 0 Å². The maximum Gasteiger partial charge on any atom is 0.407 e. The number of aliphatic hydroxyl groups is 1. The predicted octanol–water partition coefficient (Wildman–Crippen LogP) is 1.10. The zero-order valence-electron chi connectivity index (χ0n) is 16.4. The van der Waals surface area contributed by atoms with Gasteiger partial charge in [-0.25, -0.2) is 9.78 Å². The van der Waals surface area contributed by atoms with Crippen LogP contribution in [0.5, 0.6) is 0 Å². The van der Waals surface area contributed by atoms with Gasteiger partial charge in [0.15, 0.2) is 0 Å². The molecule has 3 fully saturated rings. The highest BCUT2D eigenvalue weighted by Gasteiger charge is 2.38. The molecule has 0 spiro atoms. The minimum Gasteiger partial charge on any atom is -0.447 e. The van der Waals surface area contributed by atoms with Crippen molar-refractivity contribution in [3.8, 4) is 0 Å². The number of rotatable bonds is 6. The number of ether oxygens (including phenoxy) is 1. The molecule has 0 aliphatic carbocycles. The lowest BCUT2D eigenvalue weighted by atomic mass is 9.84. The lowest BCUT2D eigenvalue weighted by Gasteiger charge is -2.46. The fourth-order valence-corrected chi connectivity index (χ4v) is 3.87. The Hall–Kier alpha value is -2.35. The number of carbonyl (C=O) groups is 2. The van der Waals surface area contributed by atoms with E-state index >= 15 is 0 Å². The third-order valence-electron chi connectivity index (χ3n) is 6.13. The van der Waals surface area contributed by atoms with E-state index in [-0.39, 0.29) is 17.9 Å². The van der Waals surface area contributed by atoms with Crippen LogP contribution < -0.4 is 10.2 Å². The van der Waals surface area contributed by atoms with Crippen LogP contribution in [0.2, 0.25) is 0 Å². The molecule has 1 aromatic heterocycles. The minimum atomic E-state index is -0.644. The van der Waals surface area contributed by atoms with Gasteiger partial charge in [-0.15, -0.1) is 0 Å². The molecule has 0 aromatic carbocycles. The number of nitrogens with one attached hydrogen (secondary N) is 1. The number of carbonyl (C=O) groups excluding carboxylic acids is 2. The van der Waals surface area contributed by atoms with Gasteiger partial charge >= 0.3 is 6.09 Å². The summed E-state index contributed by atoms with van der Waals surface area (Å²) in [6, 6.07) is 4.07. The number of hydrogen-bond donors (Lipinski definition) is 2. The van der Waals surface area contributed by atoms with Gasteiger partial charge in [0.2, 0.25) is 5.91 Å². The summed E-state index contributed by atoms with van der Waals surface area (Å²) in [5, 5.41) is 12.7. The largest absolute Gasteiger partial charge is 0.447 e. The number of nitrogens with zero attached hydrogens (tertiary/aromatic N) is 3. The molecule has 152 valence electrons. The summed E-state index contributed by atoms with van der Waals surface area (Å²) < 4.78 is 4.84. The van der Waals surface area contributed by atoms with Crippen LogP contribution in [0.4, 0.5) is 10.6 Å². The van der Waals surface area contributed by atoms with Gasteiger partial charge in [-0.2, -0.15) is 0 Å². The second-order valence-electron chi connectivity index (χ2n) is 8.68. The van der Waals surface area contributed by atoms with Crippen molar-refractivity contribution in [3.05, 3.63) is 23.9 Å². The zero-order valence-corrected chi connectivity index (χ0v) is 16.4. The number of alkyl carbamates (subject to hydrolysis) is 1. The van der Waals surface area contributed by atoms with E-state index in [1.807, 2.05) is 31.0 Å². The summed E-state index contributed by atoms with van der Waals surface area (Å²) in [6.07, 6.45) is 2.55. The van der Waals surface area contributed by atoms with Crippen LogP contribution in [0.1, 0.15) is 38.2 Å². The Bertz CT molecular complexity index is 734. The smallest absolute Gasteiger partial charge is 0.407 e. The van der Waals surface area contributed by atoms with Crippen molar-refractivity contribution in [2.75, 3.05) is 37.7 Å². The Kier molecular flexibility index (Phi) is 4.91. The highest BCUT2D eigenvalue weighted by atomic mass is 16.6. The summed E-state index contributed by atoms with van der Waals surface area (Å²) in [7, 11) is 0. The molecule has 3 aliphatic rings. The third kappa shape index (κ3) is 3.92. The van der Waals surface area contributed by atoms with Crippen LogP contribution in [0.25, 0.3) is 0 Å². The Labute approximate surface area is 164 Å². The van der Waals surface area contributed by atoms with Gasteiger partial charge in [0.05, 0.1) is 11.6 Å². The van der Waals surface area contributed by atoms with Crippen LogP contribution in [0.15, 0.2) is 18.3 Å². The number of hydrogen-bond acceptors (Lipinski definition) is 6. The average molecular weight is 388 g/mol. The van der Waals surface area contributed by atoms with Gasteiger partial charge < -0.3 is 25.0 Å². The van der Waals surface area contributed by atoms with Crippen LogP contribution in [0.3, 0.4) is 0 Å². The number of aromatic nitrogens is 1. The normalized spacial score (nSPS) is 23.1. The molecule has 0 radical (unpaired) electrons. The van der Waals surface area contributed by atoms with Crippen LogP contribution >= 0.6 is 0 Å². The molecule has 4 rings (SSSR count). The molecule has 3 saturated heterocycles. The fraction of sp³-hybridized carbons (Fsp3) is 0.650. The van der Waals surface area contributed by atoms with E-state index < -0.39 is 11.7 Å². The van der Waals surface area contributed by atoms with E-state index in [4.69, 9.17) is 4.74 Å². The Balaban J connectivity index is 1.20. The lowest BCUT2D eigenvalue weighted by Crippen LogP contribution is -2.56. The molecular weight excluding hydrogens is 360 g/mol. The molecule has 2 N–H and O–H groups in total. The van der Waals surface area contributed by atoms with E-state index in [2.05, 4.69) is 21.3 Å². The molecule has 2 amide bonds. The quantitative estimate of drug-likeness (QED) is 0.758. The van der Waals surface area contributed by atoms with E-state index in [9.17, 15) is 14.7 Å². The Morgan fingerprint density at radius 3 is 2.64 bits per heavy atom. The SMILES string of the molecule is CC(C)(O)C1CN(c2ccc(C3CN(C(=O)CC[C@@H]4COC(=O)N4)C3)cn2)C1. The molecule has 1 aromatic rings. The van der Waals surface area contributed by atoms with E-state index in [0.29, 0.717) is 25.4 Å². The molecule has 28 heavy (non-hydrogen) atoms. The van der Waals surface area contributed by atoms with Crippen molar-refractivity contribution < 1.29 is 19.4 Å². The van der Waals surface area contributed by atoms with Crippen molar-refractivity contribution in [2.24, 2.45) is 5.92 Å². The van der Waals surface area contributed by atoms with Crippen molar-refractivity contribution in [3.63, 3.8) is 0 Å². The van der Waals surface area contributed by atoms with E-state index in [1.165, 1.54) is 0 Å². The summed E-state index contributed by atoms with van der Waals surface area (Å²) in [6.45, 7) is 7.15. The molecule has 4 heterocycles. The maximum atomic E-state index is 12.3. The predicted molar refractivity (Wildman–Crippen MR) is 103 cm³/mol. The maximum absolute atomic E-state index is 12.3. The molecule has 0 bridgehead atoms. The molecule has 0 saturated carbocycles. The lowest BCUT2D eigenvalue weighted by molar-refractivity contribution is -0.135. The highest BCUT2D eigenvalue weighted by Crippen LogP contribution is 2.32. The number of cyclic esters (lactones) is 1. The molecule has 8 heteroatoms. The summed E-state index contributed by atoms with van der Waals surface area (Å²) in [5.41, 5.74) is 0.512. The second kappa shape index (κ2) is 7.24. The molecular formula is C20H28N4O4. The topological polar surface area (TPSA) is 95.0 Å². The standard InChI is InChI=1S/C20H28N4O4/c1-20(2,27)15-10-23(11-15)17-5-3-13(7-21-17)14-8-24(9-14)18(25)6-4-16-12-28-19(26)22-16/h3,5,7,14-16,27H,4,6,8-12H2,1-2H3,(H,22,26)/t16-/m1/s1. The number of likely N-dealkylation sites (tertiary alicyclic amines) is 1. The van der Waals surface area contributed by atoms with Crippen LogP contribution in [-0.2, 0) is 9.53 Å². The van der Waals surface area contributed by atoms with Crippen molar-refractivity contribution in [1.29, 1.82) is 0 Å². The van der Waals surface area contributed by atoms with Crippen molar-refractivity contribution >= 4 is 17.8 Å². The molecule has 3 aliphatic heterocycles. The third-order valence-corrected chi connectivity index (χ3v) is 6.13. The highest BCUT2D eigenvalue weighted by molar-refractivity contribution is 5.77. The molecule has 0 unspecified atom stereocenters. The average Bonchev–Trinajstić information content (AvgIpc) is 2.96. The van der Waals surface area contributed by atoms with Gasteiger partial charge in [0.1, 0.15) is 12.4 Å². The number of pyridine rings is 1. The van der Waals surface area contributed by atoms with Gasteiger partial charge in [-0.3, -0.25) is 4.79 Å². The summed E-state index contributed by atoms with van der Waals surface area (Å²) >= 11 is 0. The molecule has 1 atom stereocenters. The molecule has 8 nitrogen and oxygen atoms in total. The fourth-order valence-electron chi connectivity index (χ4n) is 3.87. The first-order chi connectivity index (χ1) is 13.3. The first-order valence-corrected chi connectivity index (χ1v) is 9.94. The van der Waals surface area contributed by atoms with Gasteiger partial charge in [0.25, 0.3) is 0 Å². The van der Waals surface area contributed by atoms with Crippen LogP contribution in [-0.4, -0.2) is 71.4 Å². The Morgan fingerprint density at radius 1 is 1.32 bits per heavy atom. The second-order valence-corrected chi connectivity index (χ2v) is 8.68. The first kappa shape index (κ1) is 19.0. The Morgan fingerprint density at radius 2 is 2.07 bits per heavy atom. The summed E-state index contributed by atoms with van der Waals surface area (Å²) in [4.78, 5) is 31.9. The monoisotopic (exact) mass is 388 g/mol. The van der Waals surface area contributed by atoms with Gasteiger partial charge in [-0.05, 0) is 31.9 Å². The first-order valence-electron chi connectivity index (χ1n) is 9.94. The van der Waals surface area contributed by atoms with E-state index in [0.717, 1.165) is 37.6 Å². The summed E-state index contributed by atoms with van der Waals surface area (Å²) in [5.74, 6) is 1.68. The minimum absolute atomic E-state index is 0.0530. The number of anilines is 1. The van der Waals surface area contributed by atoms with Gasteiger partial charge in [0, 0.05) is 50.6 Å². The van der Waals surface area contributed by atoms with Crippen molar-refractivity contribution in [2.45, 2.75) is 44.2 Å².